The van der Waals surface area contributed by atoms with E-state index in [0.29, 0.717) is 0 Å². The quantitative estimate of drug-likeness (QED) is 0.724. The SMILES string of the molecule is CNC1(C#N)C(=O)N(C)c2ccccc21. The van der Waals surface area contributed by atoms with Gasteiger partial charge in [-0.2, -0.15) is 5.26 Å². The summed E-state index contributed by atoms with van der Waals surface area (Å²) in [5.41, 5.74) is 0.298. The van der Waals surface area contributed by atoms with Crippen molar-refractivity contribution in [3.8, 4) is 6.07 Å². The van der Waals surface area contributed by atoms with Crippen molar-refractivity contribution >= 4 is 11.6 Å². The van der Waals surface area contributed by atoms with Gasteiger partial charge in [-0.05, 0) is 13.1 Å². The van der Waals surface area contributed by atoms with Crippen LogP contribution in [0.3, 0.4) is 0 Å². The van der Waals surface area contributed by atoms with Gasteiger partial charge in [0.25, 0.3) is 5.91 Å². The van der Waals surface area contributed by atoms with E-state index in [1.54, 1.807) is 20.2 Å². The predicted octanol–water partition coefficient (Wildman–Crippen LogP) is 0.601. The van der Waals surface area contributed by atoms with Gasteiger partial charge in [0.15, 0.2) is 0 Å². The highest BCUT2D eigenvalue weighted by atomic mass is 16.2. The molecular weight excluding hydrogens is 190 g/mol. The molecule has 15 heavy (non-hydrogen) atoms. The average molecular weight is 201 g/mol. The minimum absolute atomic E-state index is 0.228. The van der Waals surface area contributed by atoms with Gasteiger partial charge >= 0.3 is 0 Å². The molecule has 2 rings (SSSR count). The van der Waals surface area contributed by atoms with E-state index in [-0.39, 0.29) is 5.91 Å². The minimum atomic E-state index is -1.22. The monoisotopic (exact) mass is 201 g/mol. The zero-order valence-electron chi connectivity index (χ0n) is 8.61. The Bertz CT molecular complexity index is 463. The smallest absolute Gasteiger partial charge is 0.266 e. The number of rotatable bonds is 1. The number of fused-ring (bicyclic) bond motifs is 1. The molecule has 0 saturated heterocycles. The van der Waals surface area contributed by atoms with Crippen molar-refractivity contribution in [1.82, 2.24) is 5.32 Å². The highest BCUT2D eigenvalue weighted by Crippen LogP contribution is 2.38. The van der Waals surface area contributed by atoms with E-state index in [2.05, 4.69) is 11.4 Å². The fourth-order valence-electron chi connectivity index (χ4n) is 1.96. The molecule has 1 unspecified atom stereocenters. The third kappa shape index (κ3) is 1.01. The van der Waals surface area contributed by atoms with Crippen LogP contribution in [0.5, 0.6) is 0 Å². The van der Waals surface area contributed by atoms with Crippen molar-refractivity contribution in [2.24, 2.45) is 0 Å². The Balaban J connectivity index is 2.72. The van der Waals surface area contributed by atoms with Gasteiger partial charge in [0.1, 0.15) is 6.07 Å². The molecule has 0 spiro atoms. The van der Waals surface area contributed by atoms with Gasteiger partial charge in [0, 0.05) is 12.6 Å². The number of carbonyl (C=O) groups excluding carboxylic acids is 1. The van der Waals surface area contributed by atoms with Crippen molar-refractivity contribution in [1.29, 1.82) is 5.26 Å². The fourth-order valence-corrected chi connectivity index (χ4v) is 1.96. The molecule has 1 aliphatic heterocycles. The average Bonchev–Trinajstić information content (AvgIpc) is 2.51. The van der Waals surface area contributed by atoms with Crippen LogP contribution in [-0.2, 0) is 10.3 Å². The summed E-state index contributed by atoms with van der Waals surface area (Å²) in [5, 5.41) is 12.0. The number of anilines is 1. The Kier molecular flexibility index (Phi) is 1.98. The first-order valence-corrected chi connectivity index (χ1v) is 4.65. The normalized spacial score (nSPS) is 23.8. The molecule has 0 aliphatic carbocycles. The molecule has 1 N–H and O–H groups in total. The summed E-state index contributed by atoms with van der Waals surface area (Å²) < 4.78 is 0. The lowest BCUT2D eigenvalue weighted by Crippen LogP contribution is -2.47. The number of benzene rings is 1. The molecule has 0 aromatic heterocycles. The maximum Gasteiger partial charge on any atom is 0.266 e. The molecule has 76 valence electrons. The third-order valence-corrected chi connectivity index (χ3v) is 2.84. The number of nitrogens with one attached hydrogen (secondary N) is 1. The lowest BCUT2D eigenvalue weighted by atomic mass is 9.93. The topological polar surface area (TPSA) is 56.1 Å². The number of para-hydroxylation sites is 1. The standard InChI is InChI=1S/C11H11N3O/c1-13-11(7-12)8-5-3-4-6-9(8)14(2)10(11)15/h3-6,13H,1-2H3. The highest BCUT2D eigenvalue weighted by Gasteiger charge is 2.49. The molecule has 4 nitrogen and oxygen atoms in total. The van der Waals surface area contributed by atoms with Crippen LogP contribution in [0.1, 0.15) is 5.56 Å². The molecule has 1 amide bonds. The first-order valence-electron chi connectivity index (χ1n) is 4.65. The summed E-state index contributed by atoms with van der Waals surface area (Å²) in [4.78, 5) is 13.5. The summed E-state index contributed by atoms with van der Waals surface area (Å²) in [7, 11) is 3.30. The summed E-state index contributed by atoms with van der Waals surface area (Å²) in [6.07, 6.45) is 0. The van der Waals surface area contributed by atoms with E-state index in [0.717, 1.165) is 11.3 Å². The molecule has 0 saturated carbocycles. The highest BCUT2D eigenvalue weighted by molar-refractivity contribution is 6.09. The minimum Gasteiger partial charge on any atom is -0.312 e. The van der Waals surface area contributed by atoms with Gasteiger partial charge in [-0.25, -0.2) is 0 Å². The zero-order chi connectivity index (χ0) is 11.1. The van der Waals surface area contributed by atoms with Crippen LogP contribution in [0.15, 0.2) is 24.3 Å². The van der Waals surface area contributed by atoms with Crippen molar-refractivity contribution in [2.75, 3.05) is 19.0 Å². The maximum absolute atomic E-state index is 12.0. The first kappa shape index (κ1) is 9.69. The van der Waals surface area contributed by atoms with E-state index in [1.807, 2.05) is 18.2 Å². The van der Waals surface area contributed by atoms with Crippen LogP contribution in [0.25, 0.3) is 0 Å². The number of hydrogen-bond donors (Lipinski definition) is 1. The number of nitrogens with zero attached hydrogens (tertiary/aromatic N) is 2. The van der Waals surface area contributed by atoms with Crippen LogP contribution in [0.4, 0.5) is 5.69 Å². The second-order valence-corrected chi connectivity index (χ2v) is 3.49. The molecule has 0 radical (unpaired) electrons. The Hall–Kier alpha value is -1.86. The number of carbonyl (C=O) groups is 1. The van der Waals surface area contributed by atoms with Gasteiger partial charge in [0.2, 0.25) is 5.54 Å². The van der Waals surface area contributed by atoms with Crippen molar-refractivity contribution in [2.45, 2.75) is 5.54 Å². The van der Waals surface area contributed by atoms with Crippen LogP contribution in [0, 0.1) is 11.3 Å². The lowest BCUT2D eigenvalue weighted by molar-refractivity contribution is -0.121. The predicted molar refractivity (Wildman–Crippen MR) is 56.2 cm³/mol. The fraction of sp³-hybridized carbons (Fsp3) is 0.273. The largest absolute Gasteiger partial charge is 0.312 e. The maximum atomic E-state index is 12.0. The molecule has 1 atom stereocenters. The number of hydrogen-bond acceptors (Lipinski definition) is 3. The van der Waals surface area contributed by atoms with Crippen LogP contribution >= 0.6 is 0 Å². The Morgan fingerprint density at radius 3 is 2.73 bits per heavy atom. The Morgan fingerprint density at radius 1 is 1.47 bits per heavy atom. The Morgan fingerprint density at radius 2 is 2.13 bits per heavy atom. The summed E-state index contributed by atoms with van der Waals surface area (Å²) in [6, 6.07) is 9.38. The second-order valence-electron chi connectivity index (χ2n) is 3.49. The summed E-state index contributed by atoms with van der Waals surface area (Å²) >= 11 is 0. The molecule has 1 aliphatic rings. The van der Waals surface area contributed by atoms with E-state index in [9.17, 15) is 10.1 Å². The number of nitriles is 1. The van der Waals surface area contributed by atoms with E-state index >= 15 is 0 Å². The molecule has 0 bridgehead atoms. The molecule has 1 aromatic rings. The van der Waals surface area contributed by atoms with Crippen LogP contribution < -0.4 is 10.2 Å². The van der Waals surface area contributed by atoms with E-state index in [4.69, 9.17) is 0 Å². The molecule has 1 aromatic carbocycles. The van der Waals surface area contributed by atoms with Crippen LogP contribution in [0.2, 0.25) is 0 Å². The first-order chi connectivity index (χ1) is 7.17. The van der Waals surface area contributed by atoms with Crippen LogP contribution in [-0.4, -0.2) is 20.0 Å². The van der Waals surface area contributed by atoms with Crippen molar-refractivity contribution in [3.63, 3.8) is 0 Å². The van der Waals surface area contributed by atoms with Gasteiger partial charge in [-0.3, -0.25) is 10.1 Å². The number of likely N-dealkylation sites (N-methyl/N-ethyl adjacent to an activating group) is 2. The van der Waals surface area contributed by atoms with E-state index in [1.165, 1.54) is 4.90 Å². The molecule has 1 heterocycles. The number of amides is 1. The van der Waals surface area contributed by atoms with Crippen molar-refractivity contribution < 1.29 is 4.79 Å². The van der Waals surface area contributed by atoms with Gasteiger partial charge < -0.3 is 4.90 Å². The lowest BCUT2D eigenvalue weighted by Gasteiger charge is -2.18. The molecule has 0 fully saturated rings. The molecular formula is C11H11N3O. The van der Waals surface area contributed by atoms with E-state index < -0.39 is 5.54 Å². The van der Waals surface area contributed by atoms with Gasteiger partial charge in [-0.15, -0.1) is 0 Å². The molecule has 4 heteroatoms. The summed E-state index contributed by atoms with van der Waals surface area (Å²) in [6.45, 7) is 0. The van der Waals surface area contributed by atoms with Gasteiger partial charge in [-0.1, -0.05) is 18.2 Å². The zero-order valence-corrected chi connectivity index (χ0v) is 8.61. The van der Waals surface area contributed by atoms with Gasteiger partial charge in [0.05, 0.1) is 5.69 Å². The third-order valence-electron chi connectivity index (χ3n) is 2.84. The second kappa shape index (κ2) is 3.07. The summed E-state index contributed by atoms with van der Waals surface area (Å²) in [5.74, 6) is -0.228. The Labute approximate surface area is 88.1 Å². The van der Waals surface area contributed by atoms with Crippen molar-refractivity contribution in [3.05, 3.63) is 29.8 Å².